The standard InChI is InChI=1S/C26H20BNO3/c29-27(30)31-26-19-15-22(16-20-26)12-11-21-13-17-25(18-14-21)28(23-7-3-1-4-8-23)24-9-5-2-6-10-24/h1-10,13-20,29-30H. The molecule has 4 nitrogen and oxygen atoms in total. The minimum absolute atomic E-state index is 0.367. The van der Waals surface area contributed by atoms with Crippen molar-refractivity contribution in [3.05, 3.63) is 120 Å². The molecule has 0 aliphatic heterocycles. The Bertz CT molecular complexity index is 1130. The molecule has 4 aromatic carbocycles. The summed E-state index contributed by atoms with van der Waals surface area (Å²) in [6, 6.07) is 35.4. The molecule has 0 atom stereocenters. The molecule has 5 heteroatoms. The average molecular weight is 405 g/mol. The lowest BCUT2D eigenvalue weighted by molar-refractivity contribution is 0.288. The molecule has 0 aromatic heterocycles. The predicted octanol–water partition coefficient (Wildman–Crippen LogP) is 4.90. The maximum absolute atomic E-state index is 8.84. The van der Waals surface area contributed by atoms with E-state index in [0.717, 1.165) is 28.2 Å². The summed E-state index contributed by atoms with van der Waals surface area (Å²) in [7, 11) is -1.83. The van der Waals surface area contributed by atoms with Crippen LogP contribution in [0.25, 0.3) is 0 Å². The molecule has 0 unspecified atom stereocenters. The van der Waals surface area contributed by atoms with Crippen molar-refractivity contribution < 1.29 is 14.7 Å². The van der Waals surface area contributed by atoms with Gasteiger partial charge < -0.3 is 19.6 Å². The van der Waals surface area contributed by atoms with Crippen molar-refractivity contribution in [1.82, 2.24) is 0 Å². The van der Waals surface area contributed by atoms with Crippen molar-refractivity contribution in [3.8, 4) is 17.6 Å². The second-order valence-electron chi connectivity index (χ2n) is 6.77. The van der Waals surface area contributed by atoms with E-state index in [9.17, 15) is 0 Å². The largest absolute Gasteiger partial charge is 0.707 e. The quantitative estimate of drug-likeness (QED) is 0.366. The molecule has 31 heavy (non-hydrogen) atoms. The maximum Gasteiger partial charge on any atom is 0.707 e. The second kappa shape index (κ2) is 9.68. The first-order valence-corrected chi connectivity index (χ1v) is 9.84. The van der Waals surface area contributed by atoms with Crippen LogP contribution >= 0.6 is 0 Å². The molecule has 0 amide bonds. The minimum Gasteiger partial charge on any atom is -0.512 e. The van der Waals surface area contributed by atoms with Crippen LogP contribution in [-0.4, -0.2) is 17.4 Å². The number of nitrogens with zero attached hydrogens (tertiary/aromatic N) is 1. The molecule has 4 rings (SSSR count). The Morgan fingerprint density at radius 1 is 0.548 bits per heavy atom. The smallest absolute Gasteiger partial charge is 0.512 e. The molecule has 0 aliphatic carbocycles. The fourth-order valence-corrected chi connectivity index (χ4v) is 3.18. The Hall–Kier alpha value is -3.98. The average Bonchev–Trinajstić information content (AvgIpc) is 2.81. The van der Waals surface area contributed by atoms with Gasteiger partial charge >= 0.3 is 7.32 Å². The molecule has 0 saturated carbocycles. The van der Waals surface area contributed by atoms with Crippen LogP contribution in [0.4, 0.5) is 17.1 Å². The van der Waals surface area contributed by atoms with E-state index in [1.54, 1.807) is 24.3 Å². The van der Waals surface area contributed by atoms with Crippen molar-refractivity contribution >= 4 is 24.4 Å². The summed E-state index contributed by atoms with van der Waals surface area (Å²) in [4.78, 5) is 2.20. The van der Waals surface area contributed by atoms with Crippen LogP contribution in [-0.2, 0) is 0 Å². The second-order valence-corrected chi connectivity index (χ2v) is 6.77. The fourth-order valence-electron chi connectivity index (χ4n) is 3.18. The third-order valence-electron chi connectivity index (χ3n) is 4.60. The van der Waals surface area contributed by atoms with Crippen LogP contribution in [0, 0.1) is 11.8 Å². The van der Waals surface area contributed by atoms with Crippen molar-refractivity contribution in [3.63, 3.8) is 0 Å². The summed E-state index contributed by atoms with van der Waals surface area (Å²) in [5.74, 6) is 6.64. The molecule has 4 aromatic rings. The van der Waals surface area contributed by atoms with Gasteiger partial charge in [-0.2, -0.15) is 0 Å². The number of hydrogen-bond acceptors (Lipinski definition) is 4. The van der Waals surface area contributed by atoms with Crippen molar-refractivity contribution in [1.29, 1.82) is 0 Å². The van der Waals surface area contributed by atoms with Gasteiger partial charge in [-0.25, -0.2) is 0 Å². The normalized spacial score (nSPS) is 10.0. The molecule has 2 N–H and O–H groups in total. The third kappa shape index (κ3) is 5.34. The van der Waals surface area contributed by atoms with E-state index in [1.165, 1.54) is 0 Å². The number of anilines is 3. The number of hydrogen-bond donors (Lipinski definition) is 2. The first kappa shape index (κ1) is 20.3. The van der Waals surface area contributed by atoms with Gasteiger partial charge in [0.15, 0.2) is 0 Å². The first-order chi connectivity index (χ1) is 15.2. The van der Waals surface area contributed by atoms with Gasteiger partial charge in [-0.1, -0.05) is 48.2 Å². The summed E-state index contributed by atoms with van der Waals surface area (Å²) in [5.41, 5.74) is 4.92. The highest BCUT2D eigenvalue weighted by molar-refractivity contribution is 6.33. The zero-order valence-corrected chi connectivity index (χ0v) is 16.7. The van der Waals surface area contributed by atoms with Gasteiger partial charge in [-0.15, -0.1) is 0 Å². The van der Waals surface area contributed by atoms with Crippen molar-refractivity contribution in [2.45, 2.75) is 0 Å². The monoisotopic (exact) mass is 405 g/mol. The molecule has 0 heterocycles. The highest BCUT2D eigenvalue weighted by atomic mass is 16.6. The van der Waals surface area contributed by atoms with Gasteiger partial charge in [0.1, 0.15) is 5.75 Å². The highest BCUT2D eigenvalue weighted by Crippen LogP contribution is 2.33. The van der Waals surface area contributed by atoms with E-state index in [0.29, 0.717) is 5.75 Å². The van der Waals surface area contributed by atoms with Crippen LogP contribution in [0.2, 0.25) is 0 Å². The summed E-state index contributed by atoms with van der Waals surface area (Å²) < 4.78 is 4.80. The van der Waals surface area contributed by atoms with E-state index in [1.807, 2.05) is 48.5 Å². The Morgan fingerprint density at radius 2 is 0.968 bits per heavy atom. The Morgan fingerprint density at radius 3 is 1.42 bits per heavy atom. The number of para-hydroxylation sites is 2. The predicted molar refractivity (Wildman–Crippen MR) is 124 cm³/mol. The first-order valence-electron chi connectivity index (χ1n) is 9.84. The Labute approximate surface area is 182 Å². The Kier molecular flexibility index (Phi) is 6.34. The van der Waals surface area contributed by atoms with Gasteiger partial charge in [0.25, 0.3) is 0 Å². The van der Waals surface area contributed by atoms with Crippen molar-refractivity contribution in [2.75, 3.05) is 4.90 Å². The topological polar surface area (TPSA) is 52.9 Å². The van der Waals surface area contributed by atoms with Gasteiger partial charge in [0.2, 0.25) is 0 Å². The van der Waals surface area contributed by atoms with Crippen LogP contribution in [0.1, 0.15) is 11.1 Å². The van der Waals surface area contributed by atoms with Crippen molar-refractivity contribution in [2.24, 2.45) is 0 Å². The summed E-state index contributed by atoms with van der Waals surface area (Å²) >= 11 is 0. The van der Waals surface area contributed by atoms with Gasteiger partial charge in [-0.3, -0.25) is 0 Å². The SMILES string of the molecule is OB(O)Oc1ccc(C#Cc2ccc(N(c3ccccc3)c3ccccc3)cc2)cc1. The van der Waals surface area contributed by atoms with E-state index >= 15 is 0 Å². The zero-order chi connectivity index (χ0) is 21.5. The van der Waals surface area contributed by atoms with Gasteiger partial charge in [0, 0.05) is 28.2 Å². The van der Waals surface area contributed by atoms with Gasteiger partial charge in [-0.05, 0) is 72.8 Å². The lowest BCUT2D eigenvalue weighted by atomic mass is 10.1. The summed E-state index contributed by atoms with van der Waals surface area (Å²) in [5, 5.41) is 17.7. The van der Waals surface area contributed by atoms with E-state index in [4.69, 9.17) is 14.7 Å². The maximum atomic E-state index is 8.84. The molecule has 0 fully saturated rings. The van der Waals surface area contributed by atoms with E-state index in [-0.39, 0.29) is 0 Å². The molecule has 0 spiro atoms. The van der Waals surface area contributed by atoms with Crippen LogP contribution in [0.15, 0.2) is 109 Å². The number of rotatable bonds is 5. The Balaban J connectivity index is 1.56. The summed E-state index contributed by atoms with van der Waals surface area (Å²) in [6.07, 6.45) is 0. The zero-order valence-electron chi connectivity index (χ0n) is 16.7. The summed E-state index contributed by atoms with van der Waals surface area (Å²) in [6.45, 7) is 0. The van der Waals surface area contributed by atoms with E-state index < -0.39 is 7.32 Å². The fraction of sp³-hybridized carbons (Fsp3) is 0. The third-order valence-corrected chi connectivity index (χ3v) is 4.60. The molecular weight excluding hydrogens is 385 g/mol. The minimum atomic E-state index is -1.83. The van der Waals surface area contributed by atoms with E-state index in [2.05, 4.69) is 53.1 Å². The lowest BCUT2D eigenvalue weighted by Gasteiger charge is -2.25. The van der Waals surface area contributed by atoms with Crippen LogP contribution in [0.5, 0.6) is 5.75 Å². The molecule has 0 radical (unpaired) electrons. The lowest BCUT2D eigenvalue weighted by Crippen LogP contribution is -2.20. The molecular formula is C26H20BNO3. The molecule has 0 saturated heterocycles. The van der Waals surface area contributed by atoms with Gasteiger partial charge in [0.05, 0.1) is 0 Å². The molecule has 0 aliphatic rings. The van der Waals surface area contributed by atoms with Crippen LogP contribution < -0.4 is 9.55 Å². The highest BCUT2D eigenvalue weighted by Gasteiger charge is 2.11. The number of benzene rings is 4. The molecule has 0 bridgehead atoms. The van der Waals surface area contributed by atoms with Crippen LogP contribution in [0.3, 0.4) is 0 Å². The molecule has 150 valence electrons.